The molecule has 0 aliphatic heterocycles. The number of hydrogen-bond acceptors (Lipinski definition) is 2. The topological polar surface area (TPSA) is 47.6 Å². The van der Waals surface area contributed by atoms with Gasteiger partial charge in [-0.05, 0) is 12.1 Å². The monoisotopic (exact) mass is 200 g/mol. The maximum absolute atomic E-state index is 8.85. The Bertz CT molecular complexity index is 430. The quantitative estimate of drug-likeness (QED) is 0.651. The minimum atomic E-state index is -1.38. The standard InChI is InChI=1S/C11H12N2Si/c1-14(2,3)11-5-4-9(7-12)10(6-11)8-13/h4-6H,1-3H3. The molecule has 0 aliphatic carbocycles. The fourth-order valence-corrected chi connectivity index (χ4v) is 2.36. The molecule has 0 aromatic heterocycles. The first-order valence-electron chi connectivity index (χ1n) is 4.44. The molecule has 0 atom stereocenters. The van der Waals surface area contributed by atoms with Crippen LogP contribution in [0.25, 0.3) is 0 Å². The highest BCUT2D eigenvalue weighted by Crippen LogP contribution is 2.08. The van der Waals surface area contributed by atoms with Gasteiger partial charge in [0.1, 0.15) is 12.1 Å². The van der Waals surface area contributed by atoms with E-state index in [1.807, 2.05) is 18.2 Å². The van der Waals surface area contributed by atoms with Gasteiger partial charge in [-0.2, -0.15) is 10.5 Å². The average molecular weight is 200 g/mol. The van der Waals surface area contributed by atoms with Crippen molar-refractivity contribution in [2.24, 2.45) is 0 Å². The molecular formula is C11H12N2Si. The lowest BCUT2D eigenvalue weighted by Crippen LogP contribution is -2.37. The van der Waals surface area contributed by atoms with Gasteiger partial charge in [-0.25, -0.2) is 0 Å². The van der Waals surface area contributed by atoms with Crippen molar-refractivity contribution in [2.75, 3.05) is 0 Å². The first kappa shape index (κ1) is 10.5. The van der Waals surface area contributed by atoms with E-state index in [2.05, 4.69) is 25.7 Å². The highest BCUT2D eigenvalue weighted by Gasteiger charge is 2.17. The molecule has 0 spiro atoms. The zero-order chi connectivity index (χ0) is 10.8. The summed E-state index contributed by atoms with van der Waals surface area (Å²) in [7, 11) is -1.38. The Morgan fingerprint density at radius 3 is 2.00 bits per heavy atom. The average Bonchev–Trinajstić information content (AvgIpc) is 2.15. The van der Waals surface area contributed by atoms with Crippen molar-refractivity contribution in [3.63, 3.8) is 0 Å². The molecule has 70 valence electrons. The summed E-state index contributed by atoms with van der Waals surface area (Å²) < 4.78 is 0. The van der Waals surface area contributed by atoms with Crippen molar-refractivity contribution in [3.05, 3.63) is 29.3 Å². The Hall–Kier alpha value is -1.58. The zero-order valence-corrected chi connectivity index (χ0v) is 9.63. The molecule has 0 bridgehead atoms. The van der Waals surface area contributed by atoms with Crippen LogP contribution in [0.4, 0.5) is 0 Å². The van der Waals surface area contributed by atoms with Crippen LogP contribution in [0.15, 0.2) is 18.2 Å². The van der Waals surface area contributed by atoms with Gasteiger partial charge >= 0.3 is 0 Å². The summed E-state index contributed by atoms with van der Waals surface area (Å²) in [4.78, 5) is 0. The van der Waals surface area contributed by atoms with E-state index in [-0.39, 0.29) is 0 Å². The van der Waals surface area contributed by atoms with Gasteiger partial charge in [0.25, 0.3) is 0 Å². The lowest BCUT2D eigenvalue weighted by Gasteiger charge is -2.16. The van der Waals surface area contributed by atoms with Crippen molar-refractivity contribution < 1.29 is 0 Å². The van der Waals surface area contributed by atoms with Crippen molar-refractivity contribution in [1.82, 2.24) is 0 Å². The number of hydrogen-bond donors (Lipinski definition) is 0. The summed E-state index contributed by atoms with van der Waals surface area (Å²) in [5.74, 6) is 0. The third-order valence-electron chi connectivity index (χ3n) is 2.13. The smallest absolute Gasteiger partial charge is 0.101 e. The second kappa shape index (κ2) is 3.65. The summed E-state index contributed by atoms with van der Waals surface area (Å²) >= 11 is 0. The SMILES string of the molecule is C[Si](C)(C)c1ccc(C#N)c(C#N)c1. The van der Waals surface area contributed by atoms with Crippen LogP contribution in [0.5, 0.6) is 0 Å². The van der Waals surface area contributed by atoms with Crippen molar-refractivity contribution >= 4 is 13.3 Å². The van der Waals surface area contributed by atoms with Crippen LogP contribution < -0.4 is 5.19 Å². The zero-order valence-electron chi connectivity index (χ0n) is 8.63. The molecule has 1 rings (SSSR count). The number of nitriles is 2. The minimum Gasteiger partial charge on any atom is -0.192 e. The molecule has 0 saturated heterocycles. The van der Waals surface area contributed by atoms with Gasteiger partial charge in [0.15, 0.2) is 0 Å². The van der Waals surface area contributed by atoms with Crippen LogP contribution in [-0.2, 0) is 0 Å². The molecule has 0 amide bonds. The predicted octanol–water partition coefficient (Wildman–Crippen LogP) is 1.98. The van der Waals surface area contributed by atoms with Gasteiger partial charge in [-0.3, -0.25) is 0 Å². The summed E-state index contributed by atoms with van der Waals surface area (Å²) in [6, 6.07) is 9.63. The van der Waals surface area contributed by atoms with Crippen LogP contribution in [0, 0.1) is 22.7 Å². The molecule has 0 N–H and O–H groups in total. The Kier molecular flexibility index (Phi) is 2.74. The first-order valence-corrected chi connectivity index (χ1v) is 7.94. The lowest BCUT2D eigenvalue weighted by molar-refractivity contribution is 1.43. The Labute approximate surface area is 85.4 Å². The normalized spacial score (nSPS) is 10.4. The predicted molar refractivity (Wildman–Crippen MR) is 58.9 cm³/mol. The van der Waals surface area contributed by atoms with E-state index in [1.54, 1.807) is 6.07 Å². The highest BCUT2D eigenvalue weighted by molar-refractivity contribution is 6.88. The van der Waals surface area contributed by atoms with Crippen molar-refractivity contribution in [1.29, 1.82) is 10.5 Å². The van der Waals surface area contributed by atoms with Crippen LogP contribution >= 0.6 is 0 Å². The Morgan fingerprint density at radius 2 is 1.57 bits per heavy atom. The largest absolute Gasteiger partial charge is 0.192 e. The second-order valence-electron chi connectivity index (χ2n) is 4.23. The van der Waals surface area contributed by atoms with Gasteiger partial charge in [-0.1, -0.05) is 30.9 Å². The minimum absolute atomic E-state index is 0.467. The van der Waals surface area contributed by atoms with E-state index in [0.29, 0.717) is 11.1 Å². The van der Waals surface area contributed by atoms with Gasteiger partial charge in [-0.15, -0.1) is 0 Å². The van der Waals surface area contributed by atoms with Gasteiger partial charge in [0, 0.05) is 0 Å². The van der Waals surface area contributed by atoms with E-state index in [9.17, 15) is 0 Å². The van der Waals surface area contributed by atoms with Crippen molar-refractivity contribution in [3.8, 4) is 12.1 Å². The number of nitrogens with zero attached hydrogens (tertiary/aromatic N) is 2. The number of benzene rings is 1. The van der Waals surface area contributed by atoms with E-state index < -0.39 is 8.07 Å². The van der Waals surface area contributed by atoms with Gasteiger partial charge in [0.2, 0.25) is 0 Å². The van der Waals surface area contributed by atoms with E-state index in [4.69, 9.17) is 10.5 Å². The molecule has 1 aromatic carbocycles. The van der Waals surface area contributed by atoms with E-state index >= 15 is 0 Å². The van der Waals surface area contributed by atoms with E-state index in [0.717, 1.165) is 0 Å². The lowest BCUT2D eigenvalue weighted by atomic mass is 10.1. The Balaban J connectivity index is 3.32. The molecule has 0 saturated carbocycles. The molecule has 0 heterocycles. The molecule has 0 radical (unpaired) electrons. The fourth-order valence-electron chi connectivity index (χ4n) is 1.20. The maximum atomic E-state index is 8.85. The fraction of sp³-hybridized carbons (Fsp3) is 0.273. The molecular weight excluding hydrogens is 188 g/mol. The van der Waals surface area contributed by atoms with Crippen LogP contribution in [0.2, 0.25) is 19.6 Å². The third-order valence-corrected chi connectivity index (χ3v) is 4.17. The van der Waals surface area contributed by atoms with Gasteiger partial charge in [0.05, 0.1) is 19.2 Å². The van der Waals surface area contributed by atoms with Crippen LogP contribution in [0.1, 0.15) is 11.1 Å². The summed E-state index contributed by atoms with van der Waals surface area (Å²) in [5, 5.41) is 18.8. The van der Waals surface area contributed by atoms with E-state index in [1.165, 1.54) is 5.19 Å². The molecule has 0 aliphatic rings. The molecule has 14 heavy (non-hydrogen) atoms. The molecule has 1 aromatic rings. The maximum Gasteiger partial charge on any atom is 0.101 e. The molecule has 0 fully saturated rings. The molecule has 2 nitrogen and oxygen atoms in total. The first-order chi connectivity index (χ1) is 6.49. The summed E-state index contributed by atoms with van der Waals surface area (Å²) in [6.07, 6.45) is 0. The summed E-state index contributed by atoms with van der Waals surface area (Å²) in [6.45, 7) is 6.65. The Morgan fingerprint density at radius 1 is 1.00 bits per heavy atom. The molecule has 0 unspecified atom stereocenters. The van der Waals surface area contributed by atoms with Crippen molar-refractivity contribution in [2.45, 2.75) is 19.6 Å². The van der Waals surface area contributed by atoms with Gasteiger partial charge < -0.3 is 0 Å². The summed E-state index contributed by atoms with van der Waals surface area (Å²) in [5.41, 5.74) is 0.960. The number of rotatable bonds is 1. The highest BCUT2D eigenvalue weighted by atomic mass is 28.3. The third kappa shape index (κ3) is 2.01. The second-order valence-corrected chi connectivity index (χ2v) is 9.31. The van der Waals surface area contributed by atoms with Crippen LogP contribution in [-0.4, -0.2) is 8.07 Å². The molecule has 3 heteroatoms. The van der Waals surface area contributed by atoms with Crippen LogP contribution in [0.3, 0.4) is 0 Å².